The first-order valence-electron chi connectivity index (χ1n) is 9.45. The molecule has 0 aliphatic carbocycles. The Bertz CT molecular complexity index is 1130. The topological polar surface area (TPSA) is 127 Å². The van der Waals surface area contributed by atoms with Crippen LogP contribution in [0.25, 0.3) is 10.1 Å². The molecule has 0 amide bonds. The smallest absolute Gasteiger partial charge is 1.00 e. The average Bonchev–Trinajstić information content (AvgIpc) is 3.22. The number of methoxy groups -OCH3 is 1. The molecule has 14 heteroatoms. The fraction of sp³-hybridized carbons (Fsp3) is 0.261. The Hall–Kier alpha value is -0.127. The van der Waals surface area contributed by atoms with Crippen LogP contribution >= 0.6 is 23.1 Å². The maximum Gasteiger partial charge on any atom is 1.00 e. The monoisotopic (exact) mass is 608 g/mol. The van der Waals surface area contributed by atoms with Crippen molar-refractivity contribution in [2.24, 2.45) is 0 Å². The van der Waals surface area contributed by atoms with Crippen molar-refractivity contribution in [3.63, 3.8) is 0 Å². The van der Waals surface area contributed by atoms with E-state index < -0.39 is 0 Å². The predicted molar refractivity (Wildman–Crippen MR) is 124 cm³/mol. The zero-order valence-electron chi connectivity index (χ0n) is 22.5. The van der Waals surface area contributed by atoms with Crippen molar-refractivity contribution >= 4 is 52.0 Å². The Labute approximate surface area is 308 Å². The second-order valence-corrected chi connectivity index (χ2v) is 8.47. The Balaban J connectivity index is -0.000000134. The molecule has 0 bridgehead atoms. The van der Waals surface area contributed by atoms with Crippen LogP contribution in [0.1, 0.15) is 24.4 Å². The molecule has 0 saturated heterocycles. The standard InChI is InChI=1S/C10H13FOS.C10H9FS.CH2O3.2CO2.2K.H/c1-4-13-10-7(2)8(11)5-6-9(10)12-3;1-6-5-8-3-4-9(11)7(2)10(8)12-6;2-1-4-3;2*2-1-3;;;/h5-6H,4H2,1-3H3;3-5H,1-2H3;1,3H;;;;;/q;;;;;2*+1;-1/p-1. The second-order valence-electron chi connectivity index (χ2n) is 5.94. The molecule has 8 nitrogen and oxygen atoms in total. The van der Waals surface area contributed by atoms with Gasteiger partial charge in [0.05, 0.1) is 12.0 Å². The normalized spacial score (nSPS) is 8.11. The molecule has 0 unspecified atom stereocenters. The molecule has 37 heavy (non-hydrogen) atoms. The van der Waals surface area contributed by atoms with Crippen LogP contribution in [0.5, 0.6) is 5.75 Å². The van der Waals surface area contributed by atoms with E-state index in [-0.39, 0.29) is 135 Å². The Morgan fingerprint density at radius 2 is 1.46 bits per heavy atom. The van der Waals surface area contributed by atoms with Crippen molar-refractivity contribution in [1.29, 1.82) is 0 Å². The summed E-state index contributed by atoms with van der Waals surface area (Å²) in [7, 11) is 1.60. The van der Waals surface area contributed by atoms with Crippen molar-refractivity contribution in [3.8, 4) is 5.75 Å². The number of ether oxygens (including phenoxy) is 1. The molecule has 192 valence electrons. The van der Waals surface area contributed by atoms with Crippen LogP contribution in [0.3, 0.4) is 0 Å². The minimum Gasteiger partial charge on any atom is -1.00 e. The van der Waals surface area contributed by atoms with Gasteiger partial charge in [-0.15, -0.1) is 23.1 Å². The third-order valence-corrected chi connectivity index (χ3v) is 6.11. The summed E-state index contributed by atoms with van der Waals surface area (Å²) >= 11 is 3.26. The number of rotatable bonds is 4. The second kappa shape index (κ2) is 27.4. The molecule has 0 spiro atoms. The van der Waals surface area contributed by atoms with Gasteiger partial charge in [0.15, 0.2) is 0 Å². The van der Waals surface area contributed by atoms with Crippen LogP contribution in [-0.4, -0.2) is 31.6 Å². The number of thioether (sulfide) groups is 1. The minimum atomic E-state index is -0.181. The molecule has 0 aliphatic heterocycles. The van der Waals surface area contributed by atoms with Gasteiger partial charge in [-0.2, -0.15) is 19.2 Å². The first kappa shape index (κ1) is 43.9. The molecule has 1 aromatic heterocycles. The number of carbonyl (C=O) groups is 1. The van der Waals surface area contributed by atoms with Crippen LogP contribution in [-0.2, 0) is 28.9 Å². The van der Waals surface area contributed by atoms with Crippen LogP contribution in [0.4, 0.5) is 8.78 Å². The first-order chi connectivity index (χ1) is 16.6. The van der Waals surface area contributed by atoms with Crippen molar-refractivity contribution in [1.82, 2.24) is 0 Å². The van der Waals surface area contributed by atoms with Crippen molar-refractivity contribution in [3.05, 3.63) is 58.0 Å². The van der Waals surface area contributed by atoms with E-state index in [1.807, 2.05) is 26.8 Å². The largest absolute Gasteiger partial charge is 1.00 e. The fourth-order valence-corrected chi connectivity index (χ4v) is 4.37. The maximum absolute atomic E-state index is 13.1. The molecule has 2 aromatic carbocycles. The van der Waals surface area contributed by atoms with Crippen molar-refractivity contribution in [2.45, 2.75) is 32.6 Å². The van der Waals surface area contributed by atoms with Gasteiger partial charge in [-0.05, 0) is 56.2 Å². The first-order valence-corrected chi connectivity index (χ1v) is 11.3. The van der Waals surface area contributed by atoms with E-state index in [0.717, 1.165) is 32.0 Å². The van der Waals surface area contributed by atoms with E-state index >= 15 is 0 Å². The van der Waals surface area contributed by atoms with E-state index in [1.54, 1.807) is 43.2 Å². The summed E-state index contributed by atoms with van der Waals surface area (Å²) < 4.78 is 32.4. The molecule has 0 aliphatic rings. The van der Waals surface area contributed by atoms with E-state index in [4.69, 9.17) is 34.0 Å². The molecule has 0 saturated carbocycles. The molecular weight excluding hydrogens is 585 g/mol. The Kier molecular flexibility index (Phi) is 32.6. The number of fused-ring (bicyclic) bond motifs is 1. The molecule has 0 atom stereocenters. The van der Waals surface area contributed by atoms with E-state index in [1.165, 1.54) is 17.0 Å². The number of carbonyl (C=O) groups excluding carboxylic acids is 5. The minimum absolute atomic E-state index is 0. The molecular formula is C23H24F2K2O8S2. The van der Waals surface area contributed by atoms with Crippen LogP contribution in [0.15, 0.2) is 35.2 Å². The quantitative estimate of drug-likeness (QED) is 0.112. The third-order valence-electron chi connectivity index (χ3n) is 3.84. The number of benzene rings is 2. The van der Waals surface area contributed by atoms with Gasteiger partial charge >= 0.3 is 115 Å². The molecule has 0 fully saturated rings. The summed E-state index contributed by atoms with van der Waals surface area (Å²) in [6.45, 7) is 7.50. The maximum atomic E-state index is 13.1. The summed E-state index contributed by atoms with van der Waals surface area (Å²) in [5, 5.41) is 9.58. The SMILES string of the molecule is CCSc1c(OC)ccc(F)c1C.Cc1cc2ccc(F)c(C)c2s1.O=C=O.O=C=O.O=CO[O-].[H-].[K+].[K+]. The predicted octanol–water partition coefficient (Wildman–Crippen LogP) is -1.70. The van der Waals surface area contributed by atoms with Gasteiger partial charge in [-0.3, -0.25) is 4.79 Å². The van der Waals surface area contributed by atoms with Gasteiger partial charge in [0, 0.05) is 20.7 Å². The molecule has 3 rings (SSSR count). The Morgan fingerprint density at radius 1 is 1.00 bits per heavy atom. The number of hydrogen-bond donors (Lipinski definition) is 0. The van der Waals surface area contributed by atoms with Crippen molar-refractivity contribution in [2.75, 3.05) is 12.9 Å². The van der Waals surface area contributed by atoms with E-state index in [0.29, 0.717) is 5.56 Å². The Morgan fingerprint density at radius 3 is 1.89 bits per heavy atom. The zero-order valence-corrected chi connectivity index (χ0v) is 29.4. The number of halogens is 2. The van der Waals surface area contributed by atoms with E-state index in [9.17, 15) is 8.78 Å². The third kappa shape index (κ3) is 18.0. The van der Waals surface area contributed by atoms with Gasteiger partial charge in [0.25, 0.3) is 6.47 Å². The van der Waals surface area contributed by atoms with E-state index in [2.05, 4.69) is 11.0 Å². The average molecular weight is 609 g/mol. The van der Waals surface area contributed by atoms with Gasteiger partial charge in [0.1, 0.15) is 17.4 Å². The number of thiophene rings is 1. The van der Waals surface area contributed by atoms with Gasteiger partial charge in [-0.1, -0.05) is 13.0 Å². The fourth-order valence-electron chi connectivity index (χ4n) is 2.47. The summed E-state index contributed by atoms with van der Waals surface area (Å²) in [5.41, 5.74) is 1.44. The van der Waals surface area contributed by atoms with Gasteiger partial charge < -0.3 is 16.3 Å². The van der Waals surface area contributed by atoms with Crippen LogP contribution in [0.2, 0.25) is 0 Å². The summed E-state index contributed by atoms with van der Waals surface area (Å²) in [6.07, 6.45) is 0.500. The van der Waals surface area contributed by atoms with Crippen molar-refractivity contribution < 1.29 is 152 Å². The summed E-state index contributed by atoms with van der Waals surface area (Å²) in [5.74, 6) is 1.40. The van der Waals surface area contributed by atoms with Crippen LogP contribution < -0.4 is 113 Å². The number of aryl methyl sites for hydroxylation is 2. The van der Waals surface area contributed by atoms with Gasteiger partial charge in [-0.25, -0.2) is 8.78 Å². The van der Waals surface area contributed by atoms with Crippen LogP contribution in [0, 0.1) is 32.4 Å². The molecule has 1 heterocycles. The molecule has 0 radical (unpaired) electrons. The number of hydrogen-bond acceptors (Lipinski definition) is 10. The van der Waals surface area contributed by atoms with Gasteiger partial charge in [0.2, 0.25) is 0 Å². The summed E-state index contributed by atoms with van der Waals surface area (Å²) in [4.78, 5) is 45.9. The summed E-state index contributed by atoms with van der Waals surface area (Å²) in [6, 6.07) is 8.56. The molecule has 3 aromatic rings. The zero-order chi connectivity index (χ0) is 27.4. The molecule has 0 N–H and O–H groups in total.